The molecule has 0 radical (unpaired) electrons. The number of rotatable bonds is 18. The van der Waals surface area contributed by atoms with Gasteiger partial charge in [-0.3, -0.25) is 0 Å². The van der Waals surface area contributed by atoms with E-state index in [1.165, 1.54) is 12.1 Å². The van der Waals surface area contributed by atoms with Crippen molar-refractivity contribution in [3.8, 4) is 44.5 Å². The number of thioether (sulfide) groups is 3. The number of nitrogens with one attached hydrogen (secondary N) is 2. The molecule has 5 aliphatic rings. The number of aliphatic hydroxyl groups is 12. The minimum absolute atomic E-state index is 0.0210. The molecule has 0 unspecified atom stereocenters. The van der Waals surface area contributed by atoms with Gasteiger partial charge in [-0.15, -0.1) is 0 Å². The SMILES string of the molecule is CCCCCC[n+]1ccc(-c2c3nc(c(-c4c(F)c(F)c(S[C@@H]5O[C@H](CO)[C@@H](O)[C@H](O)[C@H]5O)c(F)c4F)c4ccc([nH]4)c(-c4c(F)c(F)c(S[C@@H]5O[C@H](CO)[C@@H](O)[C@H](O)[C@H]5O)c(F)c4F)c4nc(c(-c5c(F)c(F)c(S[C@@H]6O[C@H](CO)[C@@H](O)[C@H](O)[C@H]6O)c(F)c5F)c5ccc2[nH]5)C=C4)C=C3)cc1. The molecule has 15 atom stereocenters. The molecule has 102 heavy (non-hydrogen) atoms. The smallest absolute Gasteiger partial charge is 0.176 e. The fourth-order valence-corrected chi connectivity index (χ4v) is 15.8. The van der Waals surface area contributed by atoms with Crippen LogP contribution in [0.1, 0.15) is 55.4 Å². The number of aromatic amines is 2. The van der Waals surface area contributed by atoms with Gasteiger partial charge in [0.25, 0.3) is 0 Å². The maximum Gasteiger partial charge on any atom is 0.176 e. The van der Waals surface area contributed by atoms with Crippen molar-refractivity contribution in [2.45, 2.75) is 143 Å². The van der Waals surface area contributed by atoms with E-state index in [1.807, 2.05) is 11.5 Å². The fourth-order valence-electron chi connectivity index (χ4n) is 12.4. The number of aromatic nitrogens is 5. The molecule has 544 valence electrons. The number of H-pyrrole nitrogens is 2. The van der Waals surface area contributed by atoms with E-state index in [9.17, 15) is 61.3 Å². The lowest BCUT2D eigenvalue weighted by molar-refractivity contribution is -0.697. The third-order valence-corrected chi connectivity index (χ3v) is 21.5. The summed E-state index contributed by atoms with van der Waals surface area (Å²) in [5, 5.41) is 124. The van der Waals surface area contributed by atoms with Crippen LogP contribution in [-0.4, -0.2) is 191 Å². The summed E-state index contributed by atoms with van der Waals surface area (Å²) in [6, 6.07) is 7.27. The van der Waals surface area contributed by atoms with Crippen molar-refractivity contribution in [1.29, 1.82) is 0 Å². The first kappa shape index (κ1) is 74.7. The second-order valence-electron chi connectivity index (χ2n) is 24.2. The summed E-state index contributed by atoms with van der Waals surface area (Å²) in [7, 11) is 0. The van der Waals surface area contributed by atoms with Crippen LogP contribution in [0.4, 0.5) is 52.7 Å². The van der Waals surface area contributed by atoms with Crippen molar-refractivity contribution in [3.05, 3.63) is 141 Å². The lowest BCUT2D eigenvalue weighted by Crippen LogP contribution is -2.57. The van der Waals surface area contributed by atoms with Crippen LogP contribution in [0.5, 0.6) is 0 Å². The van der Waals surface area contributed by atoms with Gasteiger partial charge in [0.15, 0.2) is 82.2 Å². The fraction of sp³-hybridized carbons (Fsp3) is 0.358. The molecule has 0 spiro atoms. The number of nitrogens with zero attached hydrogens (tertiary/aromatic N) is 3. The van der Waals surface area contributed by atoms with Gasteiger partial charge in [-0.25, -0.2) is 67.2 Å². The standard InChI is InChI=1S/C67H59F12N5O15S3/c1-2-3-4-5-16-84-17-14-22(15-18-84)34-23-6-8-25(80-23)35(38-41(68)47(74)62(48(75)42(38)69)100-65-59(94)56(91)53(88)31(19-85)97-65)27-10-12-29(82-27)37(40-45(72)51(78)64(52(79)46(40)73)102-67-61(96)58(93)55(90)33(21-87)99-67)30-13-11-28(83-30)36(26-9-7-24(34)81-26)39-43(70)49(76)63(50(77)44(39)71)101-66-60(95)57(92)54(89)32(20-86)98-66/h6-15,17-18,31-33,53-61,65-67,85-96H,2-5,16,19-21H2,1H3,(H,80,81,82,83)/p+1/t31-,32-,33-,53-,54-,55-,56+,57+,58+,59-,60-,61-,65+,66+,67+/m1/s1. The first-order valence-corrected chi connectivity index (χ1v) is 34.0. The lowest BCUT2D eigenvalue weighted by atomic mass is 10.0. The molecular formula is C67H60F12N5O15S3+. The van der Waals surface area contributed by atoms with Gasteiger partial charge in [-0.1, -0.05) is 55.1 Å². The summed E-state index contributed by atoms with van der Waals surface area (Å²) in [5.74, 6) is -26.7. The van der Waals surface area contributed by atoms with Crippen molar-refractivity contribution < 1.29 is 133 Å². The van der Waals surface area contributed by atoms with Crippen LogP contribution in [0.25, 0.3) is 90.9 Å². The van der Waals surface area contributed by atoms with Gasteiger partial charge in [0.1, 0.15) is 96.1 Å². The molecule has 3 saturated heterocycles. The summed E-state index contributed by atoms with van der Waals surface area (Å²) in [4.78, 5) is 10.0. The van der Waals surface area contributed by atoms with E-state index in [1.54, 1.807) is 24.5 Å². The van der Waals surface area contributed by atoms with E-state index >= 15 is 52.7 Å². The van der Waals surface area contributed by atoms with Gasteiger partial charge in [-0.05, 0) is 60.6 Å². The van der Waals surface area contributed by atoms with Crippen LogP contribution in [0.2, 0.25) is 0 Å². The van der Waals surface area contributed by atoms with Gasteiger partial charge in [-0.2, -0.15) is 0 Å². The van der Waals surface area contributed by atoms with Gasteiger partial charge < -0.3 is 85.5 Å². The van der Waals surface area contributed by atoms with Crippen molar-refractivity contribution >= 4 is 81.7 Å². The van der Waals surface area contributed by atoms with Crippen LogP contribution in [0, 0.1) is 69.8 Å². The number of hydrogen-bond donors (Lipinski definition) is 14. The Labute approximate surface area is 580 Å². The Morgan fingerprint density at radius 1 is 0.363 bits per heavy atom. The number of halogens is 12. The summed E-state index contributed by atoms with van der Waals surface area (Å²) in [5.41, 5.74) is -18.2. The minimum atomic E-state index is -2.33. The number of aryl methyl sites for hydroxylation is 1. The molecule has 3 aromatic carbocycles. The molecule has 14 N–H and O–H groups in total. The summed E-state index contributed by atoms with van der Waals surface area (Å²) >= 11 is -0.660. The quantitative estimate of drug-likeness (QED) is 0.0171. The second kappa shape index (κ2) is 30.2. The highest BCUT2D eigenvalue weighted by Gasteiger charge is 2.49. The van der Waals surface area contributed by atoms with E-state index in [2.05, 4.69) is 15.0 Å². The first-order chi connectivity index (χ1) is 48.6. The van der Waals surface area contributed by atoms with Crippen LogP contribution in [-0.2, 0) is 20.8 Å². The number of aliphatic hydroxyl groups excluding tert-OH is 12. The maximum atomic E-state index is 17.5. The average Bonchev–Trinajstić information content (AvgIpc) is 1.48. The minimum Gasteiger partial charge on any atom is -0.394 e. The van der Waals surface area contributed by atoms with E-state index in [0.29, 0.717) is 6.54 Å². The largest absolute Gasteiger partial charge is 0.394 e. The molecule has 9 heterocycles. The molecule has 3 fully saturated rings. The molecule has 7 aromatic rings. The van der Waals surface area contributed by atoms with Gasteiger partial charge in [0.2, 0.25) is 0 Å². The van der Waals surface area contributed by atoms with Crippen LogP contribution < -0.4 is 4.57 Å². The molecule has 0 amide bonds. The summed E-state index contributed by atoms with van der Waals surface area (Å²) in [6.45, 7) is -0.556. The Kier molecular flexibility index (Phi) is 22.2. The molecule has 0 aliphatic carbocycles. The van der Waals surface area contributed by atoms with E-state index < -0.39 is 261 Å². The monoisotopic (exact) mass is 1500 g/mol. The van der Waals surface area contributed by atoms with Crippen molar-refractivity contribution in [2.24, 2.45) is 0 Å². The van der Waals surface area contributed by atoms with Crippen LogP contribution in [0.3, 0.4) is 0 Å². The number of ether oxygens (including phenoxy) is 3. The normalized spacial score (nSPS) is 25.8. The Bertz CT molecular complexity index is 4460. The number of fused-ring (bicyclic) bond motifs is 8. The summed E-state index contributed by atoms with van der Waals surface area (Å²) < 4.78 is 225. The summed E-state index contributed by atoms with van der Waals surface area (Å²) in [6.07, 6.45) is -13.3. The van der Waals surface area contributed by atoms with Gasteiger partial charge in [0.05, 0.1) is 74.0 Å². The highest BCUT2D eigenvalue weighted by atomic mass is 32.2. The second-order valence-corrected chi connectivity index (χ2v) is 27.5. The van der Waals surface area contributed by atoms with Crippen molar-refractivity contribution in [2.75, 3.05) is 19.8 Å². The lowest BCUT2D eigenvalue weighted by Gasteiger charge is -2.39. The molecule has 20 nitrogen and oxygen atoms in total. The van der Waals surface area contributed by atoms with Crippen molar-refractivity contribution in [3.63, 3.8) is 0 Å². The number of pyridine rings is 1. The molecule has 35 heteroatoms. The average molecular weight is 1500 g/mol. The highest BCUT2D eigenvalue weighted by Crippen LogP contribution is 2.49. The Morgan fingerprint density at radius 2 is 0.647 bits per heavy atom. The molecule has 5 aliphatic heterocycles. The maximum absolute atomic E-state index is 17.5. The van der Waals surface area contributed by atoms with Crippen LogP contribution >= 0.6 is 35.3 Å². The zero-order valence-corrected chi connectivity index (χ0v) is 54.9. The number of benzene rings is 3. The molecular weight excluding hydrogens is 1440 g/mol. The molecule has 4 aromatic heterocycles. The Balaban J connectivity index is 1.16. The van der Waals surface area contributed by atoms with Crippen LogP contribution in [0.15, 0.2) is 63.5 Å². The zero-order chi connectivity index (χ0) is 73.3. The number of hydrogen-bond acceptors (Lipinski definition) is 20. The zero-order valence-electron chi connectivity index (χ0n) is 52.4. The van der Waals surface area contributed by atoms with Gasteiger partial charge >= 0.3 is 0 Å². The Morgan fingerprint density at radius 3 is 0.931 bits per heavy atom. The van der Waals surface area contributed by atoms with Crippen molar-refractivity contribution in [1.82, 2.24) is 19.9 Å². The predicted octanol–water partition coefficient (Wildman–Crippen LogP) is 7.54. The Hall–Kier alpha value is -6.98. The first-order valence-electron chi connectivity index (χ1n) is 31.3. The topological polar surface area (TPSA) is 332 Å². The third kappa shape index (κ3) is 13.3. The molecule has 12 rings (SSSR count). The van der Waals surface area contributed by atoms with E-state index in [0.717, 1.165) is 62.1 Å². The molecule has 8 bridgehead atoms. The third-order valence-electron chi connectivity index (χ3n) is 17.9. The highest BCUT2D eigenvalue weighted by molar-refractivity contribution is 8.00. The van der Waals surface area contributed by atoms with E-state index in [4.69, 9.17) is 19.2 Å². The van der Waals surface area contributed by atoms with E-state index in [-0.39, 0.29) is 57.6 Å². The molecule has 0 saturated carbocycles. The van der Waals surface area contributed by atoms with Gasteiger partial charge in [0, 0.05) is 62.9 Å². The predicted molar refractivity (Wildman–Crippen MR) is 343 cm³/mol. The number of unbranched alkanes of at least 4 members (excludes halogenated alkanes) is 3.